The molecule has 2 heterocycles. The van der Waals surface area contributed by atoms with Crippen LogP contribution in [0.15, 0.2) is 18.3 Å². The lowest BCUT2D eigenvalue weighted by atomic mass is 10.3. The average Bonchev–Trinajstić information content (AvgIpc) is 2.68. The Labute approximate surface area is 94.9 Å². The third-order valence-corrected chi connectivity index (χ3v) is 2.93. The molecule has 1 atom stereocenters. The van der Waals surface area contributed by atoms with Gasteiger partial charge in [0.1, 0.15) is 5.82 Å². The predicted molar refractivity (Wildman–Crippen MR) is 65.4 cm³/mol. The Morgan fingerprint density at radius 3 is 2.94 bits per heavy atom. The zero-order valence-corrected chi connectivity index (χ0v) is 9.88. The van der Waals surface area contributed by atoms with Crippen LogP contribution < -0.4 is 10.6 Å². The Bertz CT molecular complexity index is 490. The second-order valence-corrected chi connectivity index (χ2v) is 4.05. The summed E-state index contributed by atoms with van der Waals surface area (Å²) < 4.78 is 1.78. The molecule has 0 spiro atoms. The van der Waals surface area contributed by atoms with Gasteiger partial charge in [0.25, 0.3) is 0 Å². The third-order valence-electron chi connectivity index (χ3n) is 2.93. The minimum atomic E-state index is 0.276. The number of fused-ring (bicyclic) bond motifs is 1. The number of aromatic nitrogens is 3. The lowest BCUT2D eigenvalue weighted by molar-refractivity contribution is 0.687. The summed E-state index contributed by atoms with van der Waals surface area (Å²) in [7, 11) is 3.90. The van der Waals surface area contributed by atoms with Gasteiger partial charge in [0.15, 0.2) is 5.65 Å². The van der Waals surface area contributed by atoms with Crippen LogP contribution in [0.3, 0.4) is 0 Å². The predicted octanol–water partition coefficient (Wildman–Crippen LogP) is 0.752. The molecule has 2 aromatic heterocycles. The van der Waals surface area contributed by atoms with E-state index in [1.807, 2.05) is 32.4 Å². The fourth-order valence-electron chi connectivity index (χ4n) is 1.59. The summed E-state index contributed by atoms with van der Waals surface area (Å²) in [6.07, 6.45) is 1.82. The van der Waals surface area contributed by atoms with E-state index in [9.17, 15) is 0 Å². The van der Waals surface area contributed by atoms with Gasteiger partial charge in [-0.15, -0.1) is 0 Å². The molecule has 0 aliphatic rings. The number of likely N-dealkylation sites (N-methyl/N-ethyl adjacent to an activating group) is 1. The summed E-state index contributed by atoms with van der Waals surface area (Å²) in [6.45, 7) is 2.69. The molecule has 0 fully saturated rings. The molecule has 5 heteroatoms. The molecule has 0 bridgehead atoms. The Kier molecular flexibility index (Phi) is 2.78. The Hall–Kier alpha value is -1.62. The Morgan fingerprint density at radius 1 is 1.50 bits per heavy atom. The molecule has 16 heavy (non-hydrogen) atoms. The molecule has 2 N–H and O–H groups in total. The molecular formula is C11H17N5. The first kappa shape index (κ1) is 10.9. The number of rotatable bonds is 3. The van der Waals surface area contributed by atoms with Crippen molar-refractivity contribution in [3.63, 3.8) is 0 Å². The van der Waals surface area contributed by atoms with Crippen LogP contribution in [0.5, 0.6) is 0 Å². The molecule has 0 radical (unpaired) electrons. The zero-order chi connectivity index (χ0) is 11.7. The van der Waals surface area contributed by atoms with Gasteiger partial charge in [-0.2, -0.15) is 5.10 Å². The zero-order valence-electron chi connectivity index (χ0n) is 9.88. The van der Waals surface area contributed by atoms with Gasteiger partial charge in [0.05, 0.1) is 6.20 Å². The summed E-state index contributed by atoms with van der Waals surface area (Å²) in [5, 5.41) is 5.23. The number of hydrogen-bond donors (Lipinski definition) is 1. The van der Waals surface area contributed by atoms with Gasteiger partial charge in [-0.25, -0.2) is 4.98 Å². The van der Waals surface area contributed by atoms with Crippen LogP contribution in [0.4, 0.5) is 5.82 Å². The maximum absolute atomic E-state index is 5.65. The second kappa shape index (κ2) is 4.09. The number of anilines is 1. The van der Waals surface area contributed by atoms with Crippen molar-refractivity contribution < 1.29 is 0 Å². The van der Waals surface area contributed by atoms with E-state index in [2.05, 4.69) is 21.9 Å². The summed E-state index contributed by atoms with van der Waals surface area (Å²) in [5.74, 6) is 0.925. The number of nitrogens with two attached hydrogens (primary N) is 1. The summed E-state index contributed by atoms with van der Waals surface area (Å²) in [5.41, 5.74) is 6.54. The SMILES string of the molecule is CC(CN)N(C)c1ccc2cnn(C)c2n1. The summed E-state index contributed by atoms with van der Waals surface area (Å²) >= 11 is 0. The fourth-order valence-corrected chi connectivity index (χ4v) is 1.59. The molecule has 5 nitrogen and oxygen atoms in total. The van der Waals surface area contributed by atoms with Crippen molar-refractivity contribution in [2.24, 2.45) is 12.8 Å². The molecule has 2 aromatic rings. The highest BCUT2D eigenvalue weighted by Crippen LogP contribution is 2.17. The van der Waals surface area contributed by atoms with E-state index in [1.54, 1.807) is 4.68 Å². The van der Waals surface area contributed by atoms with Gasteiger partial charge in [0, 0.05) is 32.1 Å². The first-order chi connectivity index (χ1) is 7.63. The Balaban J connectivity index is 2.41. The minimum Gasteiger partial charge on any atom is -0.356 e. The van der Waals surface area contributed by atoms with Crippen LogP contribution in [-0.4, -0.2) is 34.4 Å². The average molecular weight is 219 g/mol. The van der Waals surface area contributed by atoms with E-state index in [-0.39, 0.29) is 6.04 Å². The van der Waals surface area contributed by atoms with Crippen molar-refractivity contribution >= 4 is 16.9 Å². The van der Waals surface area contributed by atoms with E-state index in [1.165, 1.54) is 0 Å². The normalized spacial score (nSPS) is 13.0. The van der Waals surface area contributed by atoms with Crippen LogP contribution in [0.1, 0.15) is 6.92 Å². The number of aryl methyl sites for hydroxylation is 1. The lowest BCUT2D eigenvalue weighted by Gasteiger charge is -2.24. The smallest absolute Gasteiger partial charge is 0.159 e. The topological polar surface area (TPSA) is 60.0 Å². The highest BCUT2D eigenvalue weighted by molar-refractivity contribution is 5.76. The van der Waals surface area contributed by atoms with Crippen molar-refractivity contribution in [2.45, 2.75) is 13.0 Å². The number of hydrogen-bond acceptors (Lipinski definition) is 4. The molecule has 1 unspecified atom stereocenters. The highest BCUT2D eigenvalue weighted by Gasteiger charge is 2.11. The van der Waals surface area contributed by atoms with Crippen molar-refractivity contribution in [1.82, 2.24) is 14.8 Å². The molecule has 2 rings (SSSR count). The van der Waals surface area contributed by atoms with Gasteiger partial charge in [-0.1, -0.05) is 0 Å². The van der Waals surface area contributed by atoms with E-state index in [0.29, 0.717) is 6.54 Å². The van der Waals surface area contributed by atoms with E-state index < -0.39 is 0 Å². The first-order valence-electron chi connectivity index (χ1n) is 5.35. The van der Waals surface area contributed by atoms with Crippen LogP contribution in [0.2, 0.25) is 0 Å². The van der Waals surface area contributed by atoms with Gasteiger partial charge in [0.2, 0.25) is 0 Å². The molecule has 0 aliphatic carbocycles. The van der Waals surface area contributed by atoms with Crippen LogP contribution in [-0.2, 0) is 7.05 Å². The van der Waals surface area contributed by atoms with Gasteiger partial charge in [-0.3, -0.25) is 4.68 Å². The van der Waals surface area contributed by atoms with Crippen molar-refractivity contribution in [3.05, 3.63) is 18.3 Å². The number of nitrogens with zero attached hydrogens (tertiary/aromatic N) is 4. The summed E-state index contributed by atoms with van der Waals surface area (Å²) in [6, 6.07) is 4.30. The first-order valence-corrected chi connectivity index (χ1v) is 5.35. The van der Waals surface area contributed by atoms with E-state index >= 15 is 0 Å². The molecule has 0 aliphatic heterocycles. The monoisotopic (exact) mass is 219 g/mol. The third kappa shape index (κ3) is 1.74. The molecule has 0 saturated heterocycles. The van der Waals surface area contributed by atoms with Gasteiger partial charge < -0.3 is 10.6 Å². The van der Waals surface area contributed by atoms with E-state index in [4.69, 9.17) is 5.73 Å². The maximum atomic E-state index is 5.65. The second-order valence-electron chi connectivity index (χ2n) is 4.05. The van der Waals surface area contributed by atoms with Crippen molar-refractivity contribution in [3.8, 4) is 0 Å². The largest absolute Gasteiger partial charge is 0.356 e. The summed E-state index contributed by atoms with van der Waals surface area (Å²) in [4.78, 5) is 6.65. The quantitative estimate of drug-likeness (QED) is 0.827. The highest BCUT2D eigenvalue weighted by atomic mass is 15.3. The van der Waals surface area contributed by atoms with Crippen molar-refractivity contribution in [1.29, 1.82) is 0 Å². The maximum Gasteiger partial charge on any atom is 0.159 e. The lowest BCUT2D eigenvalue weighted by Crippen LogP contribution is -2.35. The van der Waals surface area contributed by atoms with Gasteiger partial charge in [-0.05, 0) is 19.1 Å². The van der Waals surface area contributed by atoms with E-state index in [0.717, 1.165) is 16.9 Å². The molecule has 86 valence electrons. The van der Waals surface area contributed by atoms with Crippen LogP contribution >= 0.6 is 0 Å². The molecule has 0 amide bonds. The number of pyridine rings is 1. The van der Waals surface area contributed by atoms with Crippen LogP contribution in [0.25, 0.3) is 11.0 Å². The molecule has 0 saturated carbocycles. The standard InChI is InChI=1S/C11H17N5/c1-8(6-12)15(2)10-5-4-9-7-13-16(3)11(9)14-10/h4-5,7-8H,6,12H2,1-3H3. The molecular weight excluding hydrogens is 202 g/mol. The van der Waals surface area contributed by atoms with Crippen molar-refractivity contribution in [2.75, 3.05) is 18.5 Å². The van der Waals surface area contributed by atoms with Crippen LogP contribution in [0, 0.1) is 0 Å². The van der Waals surface area contributed by atoms with Gasteiger partial charge >= 0.3 is 0 Å². The fraction of sp³-hybridized carbons (Fsp3) is 0.455. The minimum absolute atomic E-state index is 0.276. The Morgan fingerprint density at radius 2 is 2.25 bits per heavy atom. The molecule has 0 aromatic carbocycles.